The van der Waals surface area contributed by atoms with Crippen LogP contribution < -0.4 is 14.4 Å². The summed E-state index contributed by atoms with van der Waals surface area (Å²) in [6.07, 6.45) is 4.52. The van der Waals surface area contributed by atoms with Crippen molar-refractivity contribution in [2.24, 2.45) is 5.92 Å². The Morgan fingerprint density at radius 3 is 3.00 bits per heavy atom. The predicted octanol–water partition coefficient (Wildman–Crippen LogP) is 3.48. The van der Waals surface area contributed by atoms with Crippen LogP contribution in [0.1, 0.15) is 25.7 Å². The van der Waals surface area contributed by atoms with Gasteiger partial charge in [0, 0.05) is 31.5 Å². The van der Waals surface area contributed by atoms with Crippen LogP contribution in [0.3, 0.4) is 0 Å². The van der Waals surface area contributed by atoms with Crippen molar-refractivity contribution in [2.75, 3.05) is 31.7 Å². The second-order valence-electron chi connectivity index (χ2n) is 6.76. The Hall–Kier alpha value is -2.83. The minimum absolute atomic E-state index is 0.424. The summed E-state index contributed by atoms with van der Waals surface area (Å²) in [5, 5.41) is 0. The van der Waals surface area contributed by atoms with Crippen LogP contribution in [-0.4, -0.2) is 41.8 Å². The minimum atomic E-state index is 0.424. The lowest BCUT2D eigenvalue weighted by Gasteiger charge is -2.33. The maximum atomic E-state index is 6.01. The van der Waals surface area contributed by atoms with Crippen molar-refractivity contribution in [1.82, 2.24) is 15.0 Å². The number of aromatic nitrogens is 3. The molecule has 7 nitrogen and oxygen atoms in total. The molecule has 1 saturated heterocycles. The fraction of sp³-hybridized carbons (Fsp3) is 0.450. The average Bonchev–Trinajstić information content (AvgIpc) is 3.16. The Labute approximate surface area is 158 Å². The van der Waals surface area contributed by atoms with Gasteiger partial charge in [0.05, 0.1) is 13.7 Å². The molecule has 0 saturated carbocycles. The van der Waals surface area contributed by atoms with Crippen LogP contribution >= 0.6 is 0 Å². The van der Waals surface area contributed by atoms with Crippen LogP contribution in [0.4, 0.5) is 5.82 Å². The van der Waals surface area contributed by atoms with Crippen LogP contribution in [0.25, 0.3) is 11.2 Å². The number of fused-ring (bicyclic) bond motifs is 1. The summed E-state index contributed by atoms with van der Waals surface area (Å²) in [6.45, 7) is 4.52. The fourth-order valence-corrected chi connectivity index (χ4v) is 3.47. The van der Waals surface area contributed by atoms with Gasteiger partial charge in [0.15, 0.2) is 17.2 Å². The lowest BCUT2D eigenvalue weighted by molar-refractivity contribution is 0.228. The molecule has 0 aliphatic carbocycles. The third-order valence-electron chi connectivity index (χ3n) is 4.87. The molecule has 4 rings (SSSR count). The Morgan fingerprint density at radius 2 is 2.15 bits per heavy atom. The van der Waals surface area contributed by atoms with E-state index in [9.17, 15) is 0 Å². The summed E-state index contributed by atoms with van der Waals surface area (Å²) < 4.78 is 16.9. The number of piperidine rings is 1. The number of nitrogens with zero attached hydrogens (tertiary/aromatic N) is 4. The summed E-state index contributed by atoms with van der Waals surface area (Å²) in [5.74, 6) is 3.61. The molecule has 27 heavy (non-hydrogen) atoms. The van der Waals surface area contributed by atoms with Gasteiger partial charge in [-0.1, -0.05) is 13.0 Å². The lowest BCUT2D eigenvalue weighted by Crippen LogP contribution is -2.38. The molecular formula is C20H24N4O3. The van der Waals surface area contributed by atoms with Crippen molar-refractivity contribution in [2.45, 2.75) is 26.2 Å². The van der Waals surface area contributed by atoms with E-state index in [0.717, 1.165) is 55.2 Å². The van der Waals surface area contributed by atoms with Gasteiger partial charge in [-0.05, 0) is 25.0 Å². The molecule has 7 heteroatoms. The zero-order valence-electron chi connectivity index (χ0n) is 15.7. The number of aryl methyl sites for hydroxylation is 1. The molecule has 1 atom stereocenters. The molecule has 1 fully saturated rings. The van der Waals surface area contributed by atoms with Crippen LogP contribution in [0.15, 0.2) is 35.0 Å². The van der Waals surface area contributed by atoms with Crippen LogP contribution in [0.5, 0.6) is 11.5 Å². The van der Waals surface area contributed by atoms with E-state index < -0.39 is 0 Å². The van der Waals surface area contributed by atoms with Crippen molar-refractivity contribution in [3.8, 4) is 11.5 Å². The number of hydrogen-bond acceptors (Lipinski definition) is 7. The molecule has 1 aliphatic heterocycles. The molecule has 3 aromatic rings. The molecule has 142 valence electrons. The highest BCUT2D eigenvalue weighted by Crippen LogP contribution is 2.28. The van der Waals surface area contributed by atoms with Gasteiger partial charge in [0.25, 0.3) is 5.71 Å². The van der Waals surface area contributed by atoms with E-state index >= 15 is 0 Å². The molecule has 0 radical (unpaired) electrons. The molecule has 0 N–H and O–H groups in total. The van der Waals surface area contributed by atoms with Gasteiger partial charge >= 0.3 is 0 Å². The molecule has 0 spiro atoms. The lowest BCUT2D eigenvalue weighted by atomic mass is 9.99. The van der Waals surface area contributed by atoms with E-state index in [4.69, 9.17) is 13.9 Å². The van der Waals surface area contributed by atoms with Crippen molar-refractivity contribution in [3.63, 3.8) is 0 Å². The Bertz CT molecular complexity index is 911. The molecule has 2 aromatic heterocycles. The van der Waals surface area contributed by atoms with E-state index in [1.807, 2.05) is 31.2 Å². The minimum Gasteiger partial charge on any atom is -0.497 e. The van der Waals surface area contributed by atoms with Gasteiger partial charge < -0.3 is 18.8 Å². The van der Waals surface area contributed by atoms with E-state index in [0.29, 0.717) is 24.1 Å². The third-order valence-corrected chi connectivity index (χ3v) is 4.87. The number of ether oxygens (including phenoxy) is 2. The Morgan fingerprint density at radius 1 is 1.26 bits per heavy atom. The standard InChI is InChI=1S/C20H24N4O3/c1-3-17-23-18-19(21-13-22-20(18)27-17)24-9-5-6-14(11-24)12-26-16-8-4-7-15(10-16)25-2/h4,7-8,10,13-14H,3,5-6,9,11-12H2,1-2H3. The van der Waals surface area contributed by atoms with E-state index in [1.54, 1.807) is 13.4 Å². The molecule has 3 heterocycles. The maximum absolute atomic E-state index is 6.01. The second-order valence-corrected chi connectivity index (χ2v) is 6.76. The molecule has 0 bridgehead atoms. The number of anilines is 1. The molecule has 1 aliphatic rings. The van der Waals surface area contributed by atoms with Crippen molar-refractivity contribution >= 4 is 17.0 Å². The fourth-order valence-electron chi connectivity index (χ4n) is 3.47. The van der Waals surface area contributed by atoms with Gasteiger partial charge in [0.1, 0.15) is 17.8 Å². The van der Waals surface area contributed by atoms with Crippen LogP contribution in [0.2, 0.25) is 0 Å². The summed E-state index contributed by atoms with van der Waals surface area (Å²) in [7, 11) is 1.66. The number of benzene rings is 1. The normalized spacial score (nSPS) is 17.3. The SMILES string of the molecule is CCc1nc2c(N3CCCC(COc4cccc(OC)c4)C3)ncnc2o1. The van der Waals surface area contributed by atoms with Gasteiger partial charge in [-0.3, -0.25) is 0 Å². The first-order valence-electron chi connectivity index (χ1n) is 9.39. The first-order valence-corrected chi connectivity index (χ1v) is 9.39. The van der Waals surface area contributed by atoms with E-state index in [1.165, 1.54) is 0 Å². The first-order chi connectivity index (χ1) is 13.3. The van der Waals surface area contributed by atoms with Gasteiger partial charge in [-0.25, -0.2) is 9.97 Å². The number of rotatable bonds is 6. The molecule has 0 amide bonds. The summed E-state index contributed by atoms with van der Waals surface area (Å²) in [4.78, 5) is 15.5. The molecule has 1 aromatic carbocycles. The third kappa shape index (κ3) is 3.82. The van der Waals surface area contributed by atoms with E-state index in [2.05, 4.69) is 19.9 Å². The summed E-state index contributed by atoms with van der Waals surface area (Å²) in [6, 6.07) is 7.72. The van der Waals surface area contributed by atoms with Crippen molar-refractivity contribution in [3.05, 3.63) is 36.5 Å². The quantitative estimate of drug-likeness (QED) is 0.659. The molecular weight excluding hydrogens is 344 g/mol. The topological polar surface area (TPSA) is 73.5 Å². The largest absolute Gasteiger partial charge is 0.497 e. The number of hydrogen-bond donors (Lipinski definition) is 0. The second kappa shape index (κ2) is 7.82. The summed E-state index contributed by atoms with van der Waals surface area (Å²) in [5.41, 5.74) is 1.32. The molecule has 1 unspecified atom stereocenters. The summed E-state index contributed by atoms with van der Waals surface area (Å²) >= 11 is 0. The van der Waals surface area contributed by atoms with E-state index in [-0.39, 0.29) is 0 Å². The van der Waals surface area contributed by atoms with Gasteiger partial charge in [0.2, 0.25) is 0 Å². The van der Waals surface area contributed by atoms with Crippen molar-refractivity contribution in [1.29, 1.82) is 0 Å². The van der Waals surface area contributed by atoms with Crippen LogP contribution in [0, 0.1) is 5.92 Å². The van der Waals surface area contributed by atoms with Crippen molar-refractivity contribution < 1.29 is 13.9 Å². The highest BCUT2D eigenvalue weighted by Gasteiger charge is 2.24. The maximum Gasteiger partial charge on any atom is 0.252 e. The Kier molecular flexibility index (Phi) is 5.09. The first kappa shape index (κ1) is 17.6. The smallest absolute Gasteiger partial charge is 0.252 e. The number of methoxy groups -OCH3 is 1. The predicted molar refractivity (Wildman–Crippen MR) is 102 cm³/mol. The Balaban J connectivity index is 1.46. The monoisotopic (exact) mass is 368 g/mol. The highest BCUT2D eigenvalue weighted by molar-refractivity contribution is 5.81. The van der Waals surface area contributed by atoms with Gasteiger partial charge in [-0.2, -0.15) is 4.98 Å². The average molecular weight is 368 g/mol. The zero-order chi connectivity index (χ0) is 18.6. The highest BCUT2D eigenvalue weighted by atomic mass is 16.5. The van der Waals surface area contributed by atoms with Gasteiger partial charge in [-0.15, -0.1) is 0 Å². The number of oxazole rings is 1. The van der Waals surface area contributed by atoms with Crippen LogP contribution in [-0.2, 0) is 6.42 Å². The zero-order valence-corrected chi connectivity index (χ0v) is 15.7.